The van der Waals surface area contributed by atoms with Crippen LogP contribution in [0.15, 0.2) is 21.1 Å². The Morgan fingerprint density at radius 3 is 2.64 bits per heavy atom. The molecule has 14 heavy (non-hydrogen) atoms. The van der Waals surface area contributed by atoms with Gasteiger partial charge in [0.1, 0.15) is 5.75 Å². The average Bonchev–Trinajstić information content (AvgIpc) is 2.01. The molecule has 0 saturated heterocycles. The van der Waals surface area contributed by atoms with Crippen LogP contribution >= 0.6 is 31.9 Å². The van der Waals surface area contributed by atoms with Gasteiger partial charge in [0, 0.05) is 20.6 Å². The maximum atomic E-state index is 9.62. The van der Waals surface area contributed by atoms with E-state index in [0.717, 1.165) is 4.47 Å². The predicted molar refractivity (Wildman–Crippen MR) is 60.7 cm³/mol. The second-order valence-electron chi connectivity index (χ2n) is 2.79. The molecule has 0 bridgehead atoms. The van der Waals surface area contributed by atoms with Crippen LogP contribution in [0.4, 0.5) is 0 Å². The SMILES string of the molecule is N#CC[C@H](N)c1c(O)cc(Br)cc1Br. The standard InChI is InChI=1S/C9H8Br2N2O/c10-5-3-6(11)9(8(14)4-5)7(13)1-2-12/h3-4,7,14H,1,13H2/t7-/m0/s1. The number of hydrogen-bond donors (Lipinski definition) is 2. The van der Waals surface area contributed by atoms with E-state index in [9.17, 15) is 5.11 Å². The molecule has 1 atom stereocenters. The van der Waals surface area contributed by atoms with Crippen molar-refractivity contribution in [3.8, 4) is 11.8 Å². The van der Waals surface area contributed by atoms with Crippen LogP contribution in [0.5, 0.6) is 5.75 Å². The molecule has 1 rings (SSSR count). The molecule has 0 heterocycles. The summed E-state index contributed by atoms with van der Waals surface area (Å²) in [7, 11) is 0. The van der Waals surface area contributed by atoms with Crippen LogP contribution in [0.2, 0.25) is 0 Å². The van der Waals surface area contributed by atoms with Crippen LogP contribution in [0.3, 0.4) is 0 Å². The minimum atomic E-state index is -0.470. The normalized spacial score (nSPS) is 12.1. The summed E-state index contributed by atoms with van der Waals surface area (Å²) in [6.45, 7) is 0. The molecule has 0 unspecified atom stereocenters. The van der Waals surface area contributed by atoms with Gasteiger partial charge in [0.15, 0.2) is 0 Å². The zero-order valence-corrected chi connectivity index (χ0v) is 10.3. The number of halogens is 2. The molecule has 0 radical (unpaired) electrons. The Morgan fingerprint density at radius 2 is 2.14 bits per heavy atom. The van der Waals surface area contributed by atoms with Crippen molar-refractivity contribution < 1.29 is 5.11 Å². The lowest BCUT2D eigenvalue weighted by atomic mass is 10.0. The Bertz CT molecular complexity index is 364. The number of aromatic hydroxyl groups is 1. The van der Waals surface area contributed by atoms with E-state index in [1.54, 1.807) is 12.1 Å². The Labute approximate surface area is 98.8 Å². The first-order valence-electron chi connectivity index (χ1n) is 3.86. The molecular formula is C9H8Br2N2O. The first-order valence-corrected chi connectivity index (χ1v) is 5.45. The molecule has 5 heteroatoms. The monoisotopic (exact) mass is 318 g/mol. The van der Waals surface area contributed by atoms with Crippen LogP contribution in [-0.4, -0.2) is 5.11 Å². The molecule has 0 fully saturated rings. The summed E-state index contributed by atoms with van der Waals surface area (Å²) < 4.78 is 1.46. The number of nitrogens with two attached hydrogens (primary N) is 1. The van der Waals surface area contributed by atoms with Gasteiger partial charge in [-0.25, -0.2) is 0 Å². The van der Waals surface area contributed by atoms with E-state index < -0.39 is 6.04 Å². The Morgan fingerprint density at radius 1 is 1.50 bits per heavy atom. The smallest absolute Gasteiger partial charge is 0.122 e. The van der Waals surface area contributed by atoms with Gasteiger partial charge in [-0.2, -0.15) is 5.26 Å². The third-order valence-electron chi connectivity index (χ3n) is 1.75. The fraction of sp³-hybridized carbons (Fsp3) is 0.222. The Balaban J connectivity index is 3.15. The van der Waals surface area contributed by atoms with Crippen molar-refractivity contribution in [1.82, 2.24) is 0 Å². The summed E-state index contributed by atoms with van der Waals surface area (Å²) >= 11 is 6.53. The lowest BCUT2D eigenvalue weighted by Crippen LogP contribution is -2.10. The first-order chi connectivity index (χ1) is 6.56. The van der Waals surface area contributed by atoms with Crippen LogP contribution in [0.25, 0.3) is 0 Å². The van der Waals surface area contributed by atoms with Crippen molar-refractivity contribution in [3.63, 3.8) is 0 Å². The molecule has 74 valence electrons. The molecule has 0 aromatic heterocycles. The summed E-state index contributed by atoms with van der Waals surface area (Å²) in [5, 5.41) is 18.1. The molecule has 3 N–H and O–H groups in total. The number of phenolic OH excluding ortho intramolecular Hbond substituents is 1. The largest absolute Gasteiger partial charge is 0.508 e. The van der Waals surface area contributed by atoms with Gasteiger partial charge in [0.05, 0.1) is 12.5 Å². The van der Waals surface area contributed by atoms with Crippen molar-refractivity contribution in [2.24, 2.45) is 5.73 Å². The highest BCUT2D eigenvalue weighted by Gasteiger charge is 2.15. The van der Waals surface area contributed by atoms with Crippen LogP contribution in [-0.2, 0) is 0 Å². The maximum Gasteiger partial charge on any atom is 0.122 e. The highest BCUT2D eigenvalue weighted by molar-refractivity contribution is 9.11. The zero-order chi connectivity index (χ0) is 10.7. The summed E-state index contributed by atoms with van der Waals surface area (Å²) in [4.78, 5) is 0. The van der Waals surface area contributed by atoms with Crippen molar-refractivity contribution >= 4 is 31.9 Å². The summed E-state index contributed by atoms with van der Waals surface area (Å²) in [6, 6.07) is 4.83. The van der Waals surface area contributed by atoms with Crippen LogP contribution in [0.1, 0.15) is 18.0 Å². The van der Waals surface area contributed by atoms with Gasteiger partial charge in [-0.1, -0.05) is 31.9 Å². The van der Waals surface area contributed by atoms with Crippen molar-refractivity contribution in [2.45, 2.75) is 12.5 Å². The third-order valence-corrected chi connectivity index (χ3v) is 2.87. The second-order valence-corrected chi connectivity index (χ2v) is 4.56. The van der Waals surface area contributed by atoms with E-state index in [4.69, 9.17) is 11.0 Å². The van der Waals surface area contributed by atoms with Gasteiger partial charge in [-0.3, -0.25) is 0 Å². The van der Waals surface area contributed by atoms with Gasteiger partial charge in [0.25, 0.3) is 0 Å². The number of phenols is 1. The molecule has 1 aromatic carbocycles. The lowest BCUT2D eigenvalue weighted by molar-refractivity contribution is 0.461. The van der Waals surface area contributed by atoms with E-state index in [-0.39, 0.29) is 12.2 Å². The Hall–Kier alpha value is -0.570. The molecule has 3 nitrogen and oxygen atoms in total. The van der Waals surface area contributed by atoms with E-state index in [1.807, 2.05) is 6.07 Å². The number of nitriles is 1. The molecular weight excluding hydrogens is 312 g/mol. The first kappa shape index (κ1) is 11.5. The van der Waals surface area contributed by atoms with E-state index in [1.165, 1.54) is 0 Å². The second kappa shape index (κ2) is 4.78. The number of benzene rings is 1. The van der Waals surface area contributed by atoms with Crippen molar-refractivity contribution in [1.29, 1.82) is 5.26 Å². The topological polar surface area (TPSA) is 70.0 Å². The molecule has 0 spiro atoms. The highest BCUT2D eigenvalue weighted by Crippen LogP contribution is 2.34. The van der Waals surface area contributed by atoms with Crippen molar-refractivity contribution in [2.75, 3.05) is 0 Å². The number of rotatable bonds is 2. The molecule has 0 aliphatic heterocycles. The van der Waals surface area contributed by atoms with Gasteiger partial charge < -0.3 is 10.8 Å². The van der Waals surface area contributed by atoms with Gasteiger partial charge in [-0.05, 0) is 12.1 Å². The lowest BCUT2D eigenvalue weighted by Gasteiger charge is -2.12. The van der Waals surface area contributed by atoms with E-state index in [2.05, 4.69) is 31.9 Å². The van der Waals surface area contributed by atoms with E-state index >= 15 is 0 Å². The third kappa shape index (κ3) is 2.47. The number of nitrogens with zero attached hydrogens (tertiary/aromatic N) is 1. The van der Waals surface area contributed by atoms with Gasteiger partial charge in [-0.15, -0.1) is 0 Å². The maximum absolute atomic E-state index is 9.62. The van der Waals surface area contributed by atoms with Crippen LogP contribution in [0, 0.1) is 11.3 Å². The minimum absolute atomic E-state index is 0.0917. The fourth-order valence-electron chi connectivity index (χ4n) is 1.14. The van der Waals surface area contributed by atoms with Gasteiger partial charge >= 0.3 is 0 Å². The predicted octanol–water partition coefficient (Wildman–Crippen LogP) is 2.83. The van der Waals surface area contributed by atoms with Crippen molar-refractivity contribution in [3.05, 3.63) is 26.6 Å². The van der Waals surface area contributed by atoms with Crippen LogP contribution < -0.4 is 5.73 Å². The summed E-state index contributed by atoms with van der Waals surface area (Å²) in [5.74, 6) is 0.0917. The summed E-state index contributed by atoms with van der Waals surface area (Å²) in [5.41, 5.74) is 6.29. The zero-order valence-electron chi connectivity index (χ0n) is 7.17. The average molecular weight is 320 g/mol. The molecule has 0 aliphatic rings. The Kier molecular flexibility index (Phi) is 3.93. The summed E-state index contributed by atoms with van der Waals surface area (Å²) in [6.07, 6.45) is 0.174. The van der Waals surface area contributed by atoms with Gasteiger partial charge in [0.2, 0.25) is 0 Å². The fourth-order valence-corrected chi connectivity index (χ4v) is 2.64. The number of hydrogen-bond acceptors (Lipinski definition) is 3. The van der Waals surface area contributed by atoms with E-state index in [0.29, 0.717) is 10.0 Å². The molecule has 0 saturated carbocycles. The molecule has 1 aromatic rings. The highest BCUT2D eigenvalue weighted by atomic mass is 79.9. The molecule has 0 amide bonds. The quantitative estimate of drug-likeness (QED) is 0.880. The molecule has 0 aliphatic carbocycles. The minimum Gasteiger partial charge on any atom is -0.508 e.